The Kier molecular flexibility index (Phi) is 2.87. The highest BCUT2D eigenvalue weighted by Gasteiger charge is 2.24. The molecule has 2 aromatic carbocycles. The summed E-state index contributed by atoms with van der Waals surface area (Å²) in [7, 11) is 0. The van der Waals surface area contributed by atoms with Crippen molar-refractivity contribution >= 4 is 27.8 Å². The van der Waals surface area contributed by atoms with Gasteiger partial charge in [0.1, 0.15) is 0 Å². The monoisotopic (exact) mass is 331 g/mol. The van der Waals surface area contributed by atoms with E-state index < -0.39 is 11.9 Å². The summed E-state index contributed by atoms with van der Waals surface area (Å²) in [6.45, 7) is 0. The Bertz CT molecular complexity index is 768. The minimum atomic E-state index is -0.966. The van der Waals surface area contributed by atoms with Crippen LogP contribution in [0.2, 0.25) is 0 Å². The molecule has 3 N–H and O–H groups in total. The number of hydrogen-bond acceptors (Lipinski definition) is 2. The molecule has 0 aliphatic heterocycles. The molecule has 1 amide bonds. The maximum atomic E-state index is 11.5. The first-order valence-electron chi connectivity index (χ1n) is 5.96. The summed E-state index contributed by atoms with van der Waals surface area (Å²) in [5.41, 5.74) is 9.71. The summed E-state index contributed by atoms with van der Waals surface area (Å²) in [6, 6.07) is 8.59. The van der Waals surface area contributed by atoms with E-state index in [1.54, 1.807) is 24.3 Å². The molecule has 0 atom stereocenters. The molecule has 1 aliphatic rings. The number of carbonyl (C=O) groups excluding carboxylic acids is 1. The van der Waals surface area contributed by atoms with Crippen molar-refractivity contribution in [3.8, 4) is 11.1 Å². The van der Waals surface area contributed by atoms with Crippen LogP contribution in [0.15, 0.2) is 34.8 Å². The van der Waals surface area contributed by atoms with E-state index in [9.17, 15) is 9.59 Å². The van der Waals surface area contributed by atoms with Crippen LogP contribution in [-0.2, 0) is 6.42 Å². The lowest BCUT2D eigenvalue weighted by molar-refractivity contribution is 0.0696. The molecular weight excluding hydrogens is 322 g/mol. The summed E-state index contributed by atoms with van der Waals surface area (Å²) in [6.07, 6.45) is 0.593. The van der Waals surface area contributed by atoms with Crippen molar-refractivity contribution in [2.24, 2.45) is 5.73 Å². The van der Waals surface area contributed by atoms with Gasteiger partial charge in [0.25, 0.3) is 0 Å². The van der Waals surface area contributed by atoms with Gasteiger partial charge in [0.15, 0.2) is 0 Å². The van der Waals surface area contributed by atoms with Crippen molar-refractivity contribution in [3.05, 3.63) is 57.1 Å². The zero-order chi connectivity index (χ0) is 14.4. The quantitative estimate of drug-likeness (QED) is 0.757. The Balaban J connectivity index is 2.26. The lowest BCUT2D eigenvalue weighted by atomic mass is 10.0. The van der Waals surface area contributed by atoms with E-state index >= 15 is 0 Å². The van der Waals surface area contributed by atoms with E-state index in [0.29, 0.717) is 12.0 Å². The van der Waals surface area contributed by atoms with E-state index in [4.69, 9.17) is 10.8 Å². The molecule has 0 aromatic heterocycles. The van der Waals surface area contributed by atoms with Gasteiger partial charge in [0.05, 0.1) is 5.56 Å². The molecule has 20 heavy (non-hydrogen) atoms. The number of benzene rings is 2. The van der Waals surface area contributed by atoms with Crippen molar-refractivity contribution in [1.82, 2.24) is 0 Å². The fourth-order valence-electron chi connectivity index (χ4n) is 2.59. The zero-order valence-electron chi connectivity index (χ0n) is 10.3. The molecule has 5 heteroatoms. The lowest BCUT2D eigenvalue weighted by Gasteiger charge is -2.07. The Morgan fingerprint density at radius 3 is 2.55 bits per heavy atom. The predicted octanol–water partition coefficient (Wildman–Crippen LogP) is 2.82. The molecule has 3 rings (SSSR count). The topological polar surface area (TPSA) is 80.4 Å². The first-order chi connectivity index (χ1) is 9.47. The summed E-state index contributed by atoms with van der Waals surface area (Å²) >= 11 is 3.36. The summed E-state index contributed by atoms with van der Waals surface area (Å²) < 4.78 is 0.749. The highest BCUT2D eigenvalue weighted by atomic mass is 79.9. The molecule has 0 fully saturated rings. The highest BCUT2D eigenvalue weighted by Crippen LogP contribution is 2.40. The average Bonchev–Trinajstić information content (AvgIpc) is 2.75. The zero-order valence-corrected chi connectivity index (χ0v) is 11.9. The van der Waals surface area contributed by atoms with E-state index in [-0.39, 0.29) is 5.56 Å². The van der Waals surface area contributed by atoms with Crippen molar-refractivity contribution in [2.75, 3.05) is 0 Å². The number of primary amides is 1. The standard InChI is InChI=1S/C15H10BrNO3/c16-9-5-12-10-4-8(15(19)20)2-1-7(10)3-11(12)13(6-9)14(17)18/h1-2,4-6H,3H2,(H2,17,18)(H,19,20). The summed E-state index contributed by atoms with van der Waals surface area (Å²) in [4.78, 5) is 22.6. The maximum absolute atomic E-state index is 11.5. The third-order valence-corrected chi connectivity index (χ3v) is 3.95. The third-order valence-electron chi connectivity index (χ3n) is 3.49. The number of fused-ring (bicyclic) bond motifs is 3. The molecule has 0 radical (unpaired) electrons. The van der Waals surface area contributed by atoms with Crippen LogP contribution in [0.3, 0.4) is 0 Å². The normalized spacial score (nSPS) is 11.8. The number of amides is 1. The van der Waals surface area contributed by atoms with Gasteiger partial charge in [-0.05, 0) is 52.9 Å². The molecule has 0 bridgehead atoms. The second-order valence-corrected chi connectivity index (χ2v) is 5.61. The molecule has 1 aliphatic carbocycles. The van der Waals surface area contributed by atoms with Crippen molar-refractivity contribution in [3.63, 3.8) is 0 Å². The first kappa shape index (κ1) is 12.9. The lowest BCUT2D eigenvalue weighted by Crippen LogP contribution is -2.13. The predicted molar refractivity (Wildman–Crippen MR) is 77.9 cm³/mol. The number of hydrogen-bond donors (Lipinski definition) is 2. The van der Waals surface area contributed by atoms with Gasteiger partial charge < -0.3 is 10.8 Å². The van der Waals surface area contributed by atoms with Crippen molar-refractivity contribution < 1.29 is 14.7 Å². The molecule has 0 spiro atoms. The number of rotatable bonds is 2. The molecule has 0 saturated carbocycles. The van der Waals surface area contributed by atoms with Crippen LogP contribution in [-0.4, -0.2) is 17.0 Å². The molecule has 0 saturated heterocycles. The number of nitrogens with two attached hydrogens (primary N) is 1. The van der Waals surface area contributed by atoms with Gasteiger partial charge in [0.2, 0.25) is 5.91 Å². The van der Waals surface area contributed by atoms with Gasteiger partial charge in [-0.2, -0.15) is 0 Å². The first-order valence-corrected chi connectivity index (χ1v) is 6.75. The van der Waals surface area contributed by atoms with E-state index in [2.05, 4.69) is 15.9 Å². The number of carbonyl (C=O) groups is 2. The van der Waals surface area contributed by atoms with Crippen LogP contribution in [0.4, 0.5) is 0 Å². The average molecular weight is 332 g/mol. The third kappa shape index (κ3) is 1.91. The minimum Gasteiger partial charge on any atom is -0.478 e. The largest absolute Gasteiger partial charge is 0.478 e. The van der Waals surface area contributed by atoms with Gasteiger partial charge in [-0.1, -0.05) is 22.0 Å². The van der Waals surface area contributed by atoms with E-state index in [1.807, 2.05) is 6.07 Å². The van der Waals surface area contributed by atoms with Gasteiger partial charge in [-0.3, -0.25) is 4.79 Å². The van der Waals surface area contributed by atoms with Crippen LogP contribution in [0.1, 0.15) is 31.8 Å². The van der Waals surface area contributed by atoms with Crippen LogP contribution in [0, 0.1) is 0 Å². The van der Waals surface area contributed by atoms with Crippen LogP contribution in [0.25, 0.3) is 11.1 Å². The van der Waals surface area contributed by atoms with Crippen LogP contribution < -0.4 is 5.73 Å². The van der Waals surface area contributed by atoms with Gasteiger partial charge in [-0.25, -0.2) is 4.79 Å². The highest BCUT2D eigenvalue weighted by molar-refractivity contribution is 9.10. The SMILES string of the molecule is NC(=O)c1cc(Br)cc2c1Cc1ccc(C(=O)O)cc1-2. The molecule has 0 heterocycles. The minimum absolute atomic E-state index is 0.234. The molecule has 0 unspecified atom stereocenters. The van der Waals surface area contributed by atoms with Crippen LogP contribution >= 0.6 is 15.9 Å². The van der Waals surface area contributed by atoms with Crippen molar-refractivity contribution in [1.29, 1.82) is 0 Å². The van der Waals surface area contributed by atoms with Crippen LogP contribution in [0.5, 0.6) is 0 Å². The molecule has 4 nitrogen and oxygen atoms in total. The Labute approximate surface area is 123 Å². The summed E-state index contributed by atoms with van der Waals surface area (Å²) in [5, 5.41) is 9.08. The fraction of sp³-hybridized carbons (Fsp3) is 0.0667. The Morgan fingerprint density at radius 2 is 1.90 bits per heavy atom. The Morgan fingerprint density at radius 1 is 1.15 bits per heavy atom. The van der Waals surface area contributed by atoms with E-state index in [1.165, 1.54) is 0 Å². The van der Waals surface area contributed by atoms with Gasteiger partial charge >= 0.3 is 5.97 Å². The number of aromatic carboxylic acids is 1. The molecular formula is C15H10BrNO3. The fourth-order valence-corrected chi connectivity index (χ4v) is 3.05. The van der Waals surface area contributed by atoms with Gasteiger partial charge in [0, 0.05) is 10.0 Å². The Hall–Kier alpha value is -2.14. The van der Waals surface area contributed by atoms with E-state index in [0.717, 1.165) is 26.7 Å². The second-order valence-electron chi connectivity index (χ2n) is 4.70. The maximum Gasteiger partial charge on any atom is 0.335 e. The smallest absolute Gasteiger partial charge is 0.335 e. The van der Waals surface area contributed by atoms with Gasteiger partial charge in [-0.15, -0.1) is 0 Å². The summed E-state index contributed by atoms with van der Waals surface area (Å²) in [5.74, 6) is -1.44. The number of carboxylic acids is 1. The number of carboxylic acid groups (broad SMARTS) is 1. The second kappa shape index (κ2) is 4.45. The molecule has 100 valence electrons. The van der Waals surface area contributed by atoms with Crippen molar-refractivity contribution in [2.45, 2.75) is 6.42 Å². The molecule has 2 aromatic rings. The number of halogens is 1.